The number of piperazine rings is 1. The van der Waals surface area contributed by atoms with Crippen LogP contribution in [0.1, 0.15) is 0 Å². The van der Waals surface area contributed by atoms with Crippen LogP contribution in [0.4, 0.5) is 17.3 Å². The first-order valence-corrected chi connectivity index (χ1v) is 6.76. The first-order chi connectivity index (χ1) is 10.3. The Morgan fingerprint density at radius 1 is 0.952 bits per heavy atom. The van der Waals surface area contributed by atoms with Gasteiger partial charge in [0, 0.05) is 44.6 Å². The summed E-state index contributed by atoms with van der Waals surface area (Å²) >= 11 is 0. The molecule has 0 aliphatic carbocycles. The molecule has 0 bridgehead atoms. The number of rotatable bonds is 3. The second kappa shape index (κ2) is 5.74. The summed E-state index contributed by atoms with van der Waals surface area (Å²) in [5.41, 5.74) is 0.832. The van der Waals surface area contributed by atoms with Gasteiger partial charge in [0.2, 0.25) is 5.95 Å². The van der Waals surface area contributed by atoms with Crippen LogP contribution in [0.25, 0.3) is 0 Å². The molecule has 2 heterocycles. The highest BCUT2D eigenvalue weighted by Gasteiger charge is 2.23. The molecule has 2 aromatic rings. The van der Waals surface area contributed by atoms with E-state index in [2.05, 4.69) is 14.9 Å². The van der Waals surface area contributed by atoms with Crippen LogP contribution in [0.15, 0.2) is 42.7 Å². The van der Waals surface area contributed by atoms with Gasteiger partial charge in [-0.3, -0.25) is 10.1 Å². The van der Waals surface area contributed by atoms with E-state index in [9.17, 15) is 10.1 Å². The van der Waals surface area contributed by atoms with Crippen molar-refractivity contribution in [2.45, 2.75) is 0 Å². The molecule has 7 nitrogen and oxygen atoms in total. The molecule has 108 valence electrons. The van der Waals surface area contributed by atoms with Crippen molar-refractivity contribution < 1.29 is 4.92 Å². The molecule has 1 aliphatic heterocycles. The van der Waals surface area contributed by atoms with Crippen LogP contribution in [0, 0.1) is 10.1 Å². The van der Waals surface area contributed by atoms with E-state index in [0.717, 1.165) is 13.1 Å². The number of benzene rings is 1. The van der Waals surface area contributed by atoms with Crippen molar-refractivity contribution in [3.63, 3.8) is 0 Å². The highest BCUT2D eigenvalue weighted by atomic mass is 16.6. The maximum Gasteiger partial charge on any atom is 0.292 e. The van der Waals surface area contributed by atoms with E-state index in [-0.39, 0.29) is 10.6 Å². The third kappa shape index (κ3) is 2.76. The Hall–Kier alpha value is -2.70. The fourth-order valence-electron chi connectivity index (χ4n) is 2.49. The maximum absolute atomic E-state index is 11.1. The van der Waals surface area contributed by atoms with Crippen LogP contribution in [0.3, 0.4) is 0 Å². The molecule has 7 heteroatoms. The summed E-state index contributed by atoms with van der Waals surface area (Å²) in [4.78, 5) is 23.4. The smallest absolute Gasteiger partial charge is 0.292 e. The molecule has 0 unspecified atom stereocenters. The van der Waals surface area contributed by atoms with Gasteiger partial charge in [-0.1, -0.05) is 12.1 Å². The van der Waals surface area contributed by atoms with Gasteiger partial charge in [-0.15, -0.1) is 0 Å². The largest absolute Gasteiger partial charge is 0.362 e. The highest BCUT2D eigenvalue weighted by molar-refractivity contribution is 5.63. The molecule has 0 atom stereocenters. The molecule has 0 N–H and O–H groups in total. The summed E-state index contributed by atoms with van der Waals surface area (Å²) < 4.78 is 0. The summed E-state index contributed by atoms with van der Waals surface area (Å²) in [6.45, 7) is 2.92. The molecule has 1 saturated heterocycles. The number of nitro benzene ring substituents is 1. The summed E-state index contributed by atoms with van der Waals surface area (Å²) in [7, 11) is 0. The summed E-state index contributed by atoms with van der Waals surface area (Å²) in [6.07, 6.45) is 3.44. The van der Waals surface area contributed by atoms with Crippen LogP contribution in [-0.2, 0) is 0 Å². The standard InChI is InChI=1S/C14H15N5O2/c20-19(21)13-5-2-1-4-12(13)17-8-10-18(11-9-17)14-15-6-3-7-16-14/h1-7H,8-11H2. The molecule has 0 spiro atoms. The molecule has 0 radical (unpaired) electrons. The van der Waals surface area contributed by atoms with Crippen molar-refractivity contribution >= 4 is 17.3 Å². The molecule has 1 aromatic carbocycles. The number of aromatic nitrogens is 2. The van der Waals surface area contributed by atoms with Crippen LogP contribution in [0.5, 0.6) is 0 Å². The predicted octanol–water partition coefficient (Wildman–Crippen LogP) is 1.71. The zero-order valence-electron chi connectivity index (χ0n) is 11.4. The Morgan fingerprint density at radius 3 is 2.24 bits per heavy atom. The molecule has 1 aromatic heterocycles. The molecule has 0 saturated carbocycles. The van der Waals surface area contributed by atoms with E-state index >= 15 is 0 Å². The topological polar surface area (TPSA) is 75.4 Å². The minimum absolute atomic E-state index is 0.155. The van der Waals surface area contributed by atoms with Crippen LogP contribution in [-0.4, -0.2) is 41.1 Å². The average molecular weight is 285 g/mol. The van der Waals surface area contributed by atoms with Gasteiger partial charge in [-0.2, -0.15) is 0 Å². The number of anilines is 2. The monoisotopic (exact) mass is 285 g/mol. The van der Waals surface area contributed by atoms with E-state index in [1.165, 1.54) is 0 Å². The third-order valence-corrected chi connectivity index (χ3v) is 3.53. The Labute approximate surface area is 122 Å². The van der Waals surface area contributed by atoms with Crippen molar-refractivity contribution in [1.29, 1.82) is 0 Å². The average Bonchev–Trinajstić information content (AvgIpc) is 2.56. The number of nitrogens with zero attached hydrogens (tertiary/aromatic N) is 5. The quantitative estimate of drug-likeness (QED) is 0.631. The van der Waals surface area contributed by atoms with E-state index < -0.39 is 0 Å². The molecular weight excluding hydrogens is 270 g/mol. The fraction of sp³-hybridized carbons (Fsp3) is 0.286. The Balaban J connectivity index is 1.73. The SMILES string of the molecule is O=[N+]([O-])c1ccccc1N1CCN(c2ncccn2)CC1. The summed E-state index contributed by atoms with van der Waals surface area (Å²) in [5.74, 6) is 0.708. The van der Waals surface area contributed by atoms with Crippen molar-refractivity contribution in [3.8, 4) is 0 Å². The van der Waals surface area contributed by atoms with Crippen LogP contribution >= 0.6 is 0 Å². The van der Waals surface area contributed by atoms with Crippen LogP contribution < -0.4 is 9.80 Å². The van der Waals surface area contributed by atoms with Gasteiger partial charge in [0.25, 0.3) is 5.69 Å². The van der Waals surface area contributed by atoms with Gasteiger partial charge in [-0.25, -0.2) is 9.97 Å². The molecular formula is C14H15N5O2. The molecule has 1 fully saturated rings. The van der Waals surface area contributed by atoms with Crippen molar-refractivity contribution in [2.75, 3.05) is 36.0 Å². The predicted molar refractivity (Wildman–Crippen MR) is 79.6 cm³/mol. The van der Waals surface area contributed by atoms with E-state index in [1.807, 2.05) is 11.0 Å². The number of nitro groups is 1. The van der Waals surface area contributed by atoms with Gasteiger partial charge < -0.3 is 9.80 Å². The van der Waals surface area contributed by atoms with Crippen molar-refractivity contribution in [1.82, 2.24) is 9.97 Å². The number of hydrogen-bond donors (Lipinski definition) is 0. The fourth-order valence-corrected chi connectivity index (χ4v) is 2.49. The first-order valence-electron chi connectivity index (χ1n) is 6.76. The normalized spacial score (nSPS) is 15.0. The van der Waals surface area contributed by atoms with Crippen molar-refractivity contribution in [3.05, 3.63) is 52.8 Å². The number of hydrogen-bond acceptors (Lipinski definition) is 6. The lowest BCUT2D eigenvalue weighted by molar-refractivity contribution is -0.384. The number of para-hydroxylation sites is 2. The van der Waals surface area contributed by atoms with Gasteiger partial charge in [-0.05, 0) is 12.1 Å². The molecule has 3 rings (SSSR count). The Kier molecular flexibility index (Phi) is 3.63. The molecule has 0 amide bonds. The maximum atomic E-state index is 11.1. The molecule has 21 heavy (non-hydrogen) atoms. The second-order valence-corrected chi connectivity index (χ2v) is 4.77. The lowest BCUT2D eigenvalue weighted by Gasteiger charge is -2.35. The minimum atomic E-state index is -0.331. The zero-order chi connectivity index (χ0) is 14.7. The van der Waals surface area contributed by atoms with Gasteiger partial charge in [0.15, 0.2) is 0 Å². The summed E-state index contributed by atoms with van der Waals surface area (Å²) in [6, 6.07) is 8.65. The van der Waals surface area contributed by atoms with Gasteiger partial charge >= 0.3 is 0 Å². The summed E-state index contributed by atoms with van der Waals surface area (Å²) in [5, 5.41) is 11.1. The van der Waals surface area contributed by atoms with Gasteiger partial charge in [0.05, 0.1) is 4.92 Å². The lowest BCUT2D eigenvalue weighted by atomic mass is 10.2. The molecule has 1 aliphatic rings. The van der Waals surface area contributed by atoms with Crippen molar-refractivity contribution in [2.24, 2.45) is 0 Å². The van der Waals surface area contributed by atoms with Gasteiger partial charge in [0.1, 0.15) is 5.69 Å². The Bertz CT molecular complexity index is 626. The highest BCUT2D eigenvalue weighted by Crippen LogP contribution is 2.28. The first kappa shape index (κ1) is 13.3. The second-order valence-electron chi connectivity index (χ2n) is 4.77. The van der Waals surface area contributed by atoms with E-state index in [4.69, 9.17) is 0 Å². The zero-order valence-corrected chi connectivity index (χ0v) is 11.4. The van der Waals surface area contributed by atoms with Crippen LogP contribution in [0.2, 0.25) is 0 Å². The third-order valence-electron chi connectivity index (χ3n) is 3.53. The minimum Gasteiger partial charge on any atom is -0.362 e. The van der Waals surface area contributed by atoms with E-state index in [0.29, 0.717) is 24.7 Å². The Morgan fingerprint density at radius 2 is 1.57 bits per heavy atom. The lowest BCUT2D eigenvalue weighted by Crippen LogP contribution is -2.47. The van der Waals surface area contributed by atoms with E-state index in [1.54, 1.807) is 36.7 Å².